The van der Waals surface area contributed by atoms with Crippen molar-refractivity contribution in [2.24, 2.45) is 7.05 Å². The van der Waals surface area contributed by atoms with Crippen LogP contribution in [0.3, 0.4) is 0 Å². The smallest absolute Gasteiger partial charge is 0.407 e. The zero-order valence-electron chi connectivity index (χ0n) is 15.7. The Balaban J connectivity index is 1.83. The maximum Gasteiger partial charge on any atom is 0.407 e. The summed E-state index contributed by atoms with van der Waals surface area (Å²) >= 11 is 0. The maximum atomic E-state index is 14.7. The highest BCUT2D eigenvalue weighted by atomic mass is 19.1. The number of alkyl carbamates (subject to hydrolysis) is 1. The summed E-state index contributed by atoms with van der Waals surface area (Å²) in [5, 5.41) is 2.66. The van der Waals surface area contributed by atoms with Gasteiger partial charge in [0.1, 0.15) is 17.2 Å². The van der Waals surface area contributed by atoms with Gasteiger partial charge in [-0.05, 0) is 31.5 Å². The molecule has 0 aliphatic rings. The number of fused-ring (bicyclic) bond motifs is 1. The monoisotopic (exact) mass is 371 g/mol. The molecule has 0 radical (unpaired) electrons. The van der Waals surface area contributed by atoms with Crippen LogP contribution < -0.4 is 10.2 Å². The molecule has 142 valence electrons. The topological polar surface area (TPSA) is 72.3 Å². The zero-order chi connectivity index (χ0) is 19.6. The second-order valence-electron chi connectivity index (χ2n) is 6.24. The average molecular weight is 371 g/mol. The summed E-state index contributed by atoms with van der Waals surface area (Å²) in [7, 11) is 3.65. The summed E-state index contributed by atoms with van der Waals surface area (Å²) in [6.45, 7) is 3.78. The lowest BCUT2D eigenvalue weighted by atomic mass is 10.1. The summed E-state index contributed by atoms with van der Waals surface area (Å²) in [6.07, 6.45) is 2.85. The molecule has 3 aromatic rings. The predicted molar refractivity (Wildman–Crippen MR) is 102 cm³/mol. The number of nitrogens with zero attached hydrogens (tertiary/aromatic N) is 4. The number of anilines is 2. The Bertz CT molecular complexity index is 972. The van der Waals surface area contributed by atoms with Crippen molar-refractivity contribution in [3.05, 3.63) is 48.2 Å². The van der Waals surface area contributed by atoms with Crippen LogP contribution in [0.15, 0.2) is 36.8 Å². The Hall–Kier alpha value is -3.16. The van der Waals surface area contributed by atoms with Crippen LogP contribution in [0, 0.1) is 5.82 Å². The zero-order valence-corrected chi connectivity index (χ0v) is 15.7. The first-order valence-corrected chi connectivity index (χ1v) is 8.64. The molecule has 0 saturated carbocycles. The number of carbonyl (C=O) groups excluding carboxylic acids is 1. The van der Waals surface area contributed by atoms with E-state index in [1.807, 2.05) is 17.7 Å². The van der Waals surface area contributed by atoms with Crippen molar-refractivity contribution in [2.45, 2.75) is 19.9 Å². The van der Waals surface area contributed by atoms with E-state index in [-0.39, 0.29) is 12.6 Å². The highest BCUT2D eigenvalue weighted by molar-refractivity contribution is 5.78. The number of aryl methyl sites for hydroxylation is 1. The molecule has 0 bridgehead atoms. The molecule has 27 heavy (non-hydrogen) atoms. The first-order chi connectivity index (χ1) is 12.9. The number of ether oxygens (including phenoxy) is 1. The largest absolute Gasteiger partial charge is 0.450 e. The van der Waals surface area contributed by atoms with Gasteiger partial charge in [0, 0.05) is 20.2 Å². The standard InChI is InChI=1S/C19H22FN5O2/c1-5-27-19(26)23-12(2)13-6-7-16(14(20)8-13)25(4)18-9-17-15(10-21-18)22-11-24(17)3/h6-12H,5H2,1-4H3,(H,23,26). The second-order valence-corrected chi connectivity index (χ2v) is 6.24. The molecule has 1 amide bonds. The lowest BCUT2D eigenvalue weighted by molar-refractivity contribution is 0.149. The number of rotatable bonds is 5. The molecule has 1 atom stereocenters. The Morgan fingerprint density at radius 2 is 2.15 bits per heavy atom. The first-order valence-electron chi connectivity index (χ1n) is 8.64. The number of carbonyl (C=O) groups is 1. The number of aromatic nitrogens is 3. The van der Waals surface area contributed by atoms with Crippen LogP contribution in [0.25, 0.3) is 11.0 Å². The van der Waals surface area contributed by atoms with Gasteiger partial charge < -0.3 is 19.5 Å². The van der Waals surface area contributed by atoms with Crippen LogP contribution in [-0.4, -0.2) is 34.3 Å². The Morgan fingerprint density at radius 3 is 2.85 bits per heavy atom. The molecule has 1 unspecified atom stereocenters. The summed E-state index contributed by atoms with van der Waals surface area (Å²) in [4.78, 5) is 21.8. The van der Waals surface area contributed by atoms with E-state index in [1.165, 1.54) is 6.07 Å². The number of benzene rings is 1. The van der Waals surface area contributed by atoms with Crippen LogP contribution in [0.4, 0.5) is 20.7 Å². The lowest BCUT2D eigenvalue weighted by Crippen LogP contribution is -2.27. The number of nitrogens with one attached hydrogen (secondary N) is 1. The van der Waals surface area contributed by atoms with Gasteiger partial charge in [-0.3, -0.25) is 0 Å². The van der Waals surface area contributed by atoms with Crippen molar-refractivity contribution in [3.63, 3.8) is 0 Å². The molecular formula is C19H22FN5O2. The summed E-state index contributed by atoms with van der Waals surface area (Å²) in [5.41, 5.74) is 2.73. The molecule has 2 aromatic heterocycles. The van der Waals surface area contributed by atoms with Crippen molar-refractivity contribution in [3.8, 4) is 0 Å². The number of hydrogen-bond donors (Lipinski definition) is 1. The van der Waals surface area contributed by atoms with E-state index in [0.717, 1.165) is 11.0 Å². The van der Waals surface area contributed by atoms with Gasteiger partial charge in [0.15, 0.2) is 0 Å². The van der Waals surface area contributed by atoms with Gasteiger partial charge >= 0.3 is 6.09 Å². The number of pyridine rings is 1. The third-order valence-electron chi connectivity index (χ3n) is 4.38. The molecule has 0 saturated heterocycles. The number of imidazole rings is 1. The van der Waals surface area contributed by atoms with Crippen LogP contribution in [0.5, 0.6) is 0 Å². The quantitative estimate of drug-likeness (QED) is 0.741. The van der Waals surface area contributed by atoms with Crippen molar-refractivity contribution in [1.29, 1.82) is 0 Å². The van der Waals surface area contributed by atoms with E-state index in [0.29, 0.717) is 17.1 Å². The molecular weight excluding hydrogens is 349 g/mol. The Morgan fingerprint density at radius 1 is 1.37 bits per heavy atom. The molecule has 0 aliphatic heterocycles. The SMILES string of the molecule is CCOC(=O)NC(C)c1ccc(N(C)c2cc3c(cn2)ncn3C)c(F)c1. The van der Waals surface area contributed by atoms with Crippen LogP contribution in [-0.2, 0) is 11.8 Å². The van der Waals surface area contributed by atoms with E-state index in [9.17, 15) is 9.18 Å². The van der Waals surface area contributed by atoms with Crippen LogP contribution in [0.1, 0.15) is 25.5 Å². The predicted octanol–water partition coefficient (Wildman–Crippen LogP) is 3.68. The third kappa shape index (κ3) is 3.84. The van der Waals surface area contributed by atoms with Crippen molar-refractivity contribution in [1.82, 2.24) is 19.9 Å². The normalized spacial score (nSPS) is 12.0. The van der Waals surface area contributed by atoms with Crippen LogP contribution >= 0.6 is 0 Å². The molecule has 8 heteroatoms. The molecule has 0 fully saturated rings. The third-order valence-corrected chi connectivity index (χ3v) is 4.38. The summed E-state index contributed by atoms with van der Waals surface area (Å²) < 4.78 is 21.5. The van der Waals surface area contributed by atoms with E-state index < -0.39 is 11.9 Å². The van der Waals surface area contributed by atoms with E-state index in [1.54, 1.807) is 50.5 Å². The molecule has 0 aliphatic carbocycles. The van der Waals surface area contributed by atoms with Gasteiger partial charge in [-0.1, -0.05) is 6.07 Å². The maximum absolute atomic E-state index is 14.7. The van der Waals surface area contributed by atoms with E-state index in [2.05, 4.69) is 15.3 Å². The van der Waals surface area contributed by atoms with Gasteiger partial charge in [0.05, 0.1) is 36.4 Å². The average Bonchev–Trinajstić information content (AvgIpc) is 3.01. The minimum Gasteiger partial charge on any atom is -0.450 e. The molecule has 2 heterocycles. The second kappa shape index (κ2) is 7.61. The van der Waals surface area contributed by atoms with Gasteiger partial charge in [-0.2, -0.15) is 0 Å². The van der Waals surface area contributed by atoms with Crippen molar-refractivity contribution in [2.75, 3.05) is 18.6 Å². The molecule has 7 nitrogen and oxygen atoms in total. The fourth-order valence-corrected chi connectivity index (χ4v) is 2.82. The van der Waals surface area contributed by atoms with Crippen molar-refractivity contribution >= 4 is 28.6 Å². The van der Waals surface area contributed by atoms with Gasteiger partial charge in [0.2, 0.25) is 0 Å². The summed E-state index contributed by atoms with van der Waals surface area (Å²) in [5.74, 6) is 0.204. The number of amides is 1. The van der Waals surface area contributed by atoms with E-state index in [4.69, 9.17) is 4.74 Å². The lowest BCUT2D eigenvalue weighted by Gasteiger charge is -2.21. The first kappa shape index (κ1) is 18.6. The fourth-order valence-electron chi connectivity index (χ4n) is 2.82. The Labute approximate surface area is 156 Å². The highest BCUT2D eigenvalue weighted by Gasteiger charge is 2.16. The fraction of sp³-hybridized carbons (Fsp3) is 0.316. The van der Waals surface area contributed by atoms with Gasteiger partial charge in [-0.25, -0.2) is 19.2 Å². The summed E-state index contributed by atoms with van der Waals surface area (Å²) in [6, 6.07) is 6.34. The van der Waals surface area contributed by atoms with Crippen LogP contribution in [0.2, 0.25) is 0 Å². The molecule has 0 spiro atoms. The van der Waals surface area contributed by atoms with Crippen molar-refractivity contribution < 1.29 is 13.9 Å². The molecule has 1 N–H and O–H groups in total. The Kier molecular flexibility index (Phi) is 5.25. The number of hydrogen-bond acceptors (Lipinski definition) is 5. The number of halogens is 1. The van der Waals surface area contributed by atoms with Gasteiger partial charge in [-0.15, -0.1) is 0 Å². The van der Waals surface area contributed by atoms with E-state index >= 15 is 0 Å². The molecule has 1 aromatic carbocycles. The van der Waals surface area contributed by atoms with Gasteiger partial charge in [0.25, 0.3) is 0 Å². The molecule has 3 rings (SSSR count). The minimum atomic E-state index is -0.528. The highest BCUT2D eigenvalue weighted by Crippen LogP contribution is 2.28. The minimum absolute atomic E-state index is 0.282.